The van der Waals surface area contributed by atoms with Crippen molar-refractivity contribution >= 4 is 17.6 Å². The largest absolute Gasteiger partial charge is 0.409 e. The normalized spacial score (nSPS) is 16.5. The van der Waals surface area contributed by atoms with Crippen LogP contribution in [0.25, 0.3) is 0 Å². The maximum absolute atomic E-state index is 12.2. The summed E-state index contributed by atoms with van der Waals surface area (Å²) in [5, 5.41) is 14.1. The second kappa shape index (κ2) is 6.00. The monoisotopic (exact) mass is 277 g/mol. The first-order valence-corrected chi connectivity index (χ1v) is 6.11. The number of hydrogen-bond donors (Lipinski definition) is 3. The van der Waals surface area contributed by atoms with Gasteiger partial charge in [-0.15, -0.1) is 0 Å². The molecule has 2 heterocycles. The molecule has 1 saturated heterocycles. The van der Waals surface area contributed by atoms with Crippen molar-refractivity contribution in [3.8, 4) is 0 Å². The molecule has 0 bridgehead atoms. The van der Waals surface area contributed by atoms with Crippen molar-refractivity contribution < 1.29 is 14.8 Å². The predicted molar refractivity (Wildman–Crippen MR) is 70.3 cm³/mol. The fourth-order valence-corrected chi connectivity index (χ4v) is 1.87. The number of amidine groups is 1. The van der Waals surface area contributed by atoms with Crippen LogP contribution in [0.3, 0.4) is 0 Å². The lowest BCUT2D eigenvalue weighted by molar-refractivity contribution is -0.121. The third-order valence-electron chi connectivity index (χ3n) is 2.93. The third kappa shape index (κ3) is 3.02. The van der Waals surface area contributed by atoms with Gasteiger partial charge in [-0.1, -0.05) is 5.16 Å². The molecule has 0 aliphatic carbocycles. The van der Waals surface area contributed by atoms with Crippen LogP contribution in [-0.4, -0.2) is 52.4 Å². The van der Waals surface area contributed by atoms with Gasteiger partial charge in [0.05, 0.1) is 6.54 Å². The van der Waals surface area contributed by atoms with Gasteiger partial charge in [0.1, 0.15) is 5.69 Å². The number of amides is 2. The van der Waals surface area contributed by atoms with Crippen LogP contribution in [-0.2, 0) is 4.79 Å². The van der Waals surface area contributed by atoms with E-state index >= 15 is 0 Å². The molecule has 1 aliphatic heterocycles. The maximum atomic E-state index is 12.2. The maximum Gasteiger partial charge on any atom is 0.272 e. The minimum atomic E-state index is -0.312. The summed E-state index contributed by atoms with van der Waals surface area (Å²) < 4.78 is 0. The molecule has 1 aromatic rings. The minimum Gasteiger partial charge on any atom is -0.409 e. The summed E-state index contributed by atoms with van der Waals surface area (Å²) in [6.07, 6.45) is 2.06. The van der Waals surface area contributed by atoms with Crippen LogP contribution >= 0.6 is 0 Å². The van der Waals surface area contributed by atoms with Gasteiger partial charge >= 0.3 is 0 Å². The summed E-state index contributed by atoms with van der Waals surface area (Å²) in [6, 6.07) is 3.02. The molecule has 0 atom stereocenters. The zero-order chi connectivity index (χ0) is 14.5. The highest BCUT2D eigenvalue weighted by Gasteiger charge is 2.21. The lowest BCUT2D eigenvalue weighted by atomic mass is 10.2. The van der Waals surface area contributed by atoms with Gasteiger partial charge in [0.2, 0.25) is 5.91 Å². The van der Waals surface area contributed by atoms with Crippen molar-refractivity contribution in [3.63, 3.8) is 0 Å². The number of hydrogen-bond acceptors (Lipinski definition) is 5. The molecule has 2 rings (SSSR count). The highest BCUT2D eigenvalue weighted by atomic mass is 16.4. The summed E-state index contributed by atoms with van der Waals surface area (Å²) in [6.45, 7) is 1.10. The van der Waals surface area contributed by atoms with Crippen LogP contribution in [0, 0.1) is 0 Å². The molecule has 8 nitrogen and oxygen atoms in total. The fourth-order valence-electron chi connectivity index (χ4n) is 1.87. The van der Waals surface area contributed by atoms with Crippen LogP contribution in [0.4, 0.5) is 0 Å². The summed E-state index contributed by atoms with van der Waals surface area (Å²) >= 11 is 0. The summed E-state index contributed by atoms with van der Waals surface area (Å²) in [5.41, 5.74) is 6.05. The number of carbonyl (C=O) groups excluding carboxylic acids is 2. The van der Waals surface area contributed by atoms with Crippen LogP contribution in [0.1, 0.15) is 22.5 Å². The molecule has 20 heavy (non-hydrogen) atoms. The molecule has 4 N–H and O–H groups in total. The highest BCUT2D eigenvalue weighted by molar-refractivity contribution is 5.98. The van der Waals surface area contributed by atoms with Gasteiger partial charge in [0, 0.05) is 24.8 Å². The average Bonchev–Trinajstić information content (AvgIpc) is 2.70. The Labute approximate surface area is 115 Å². The smallest absolute Gasteiger partial charge is 0.272 e. The van der Waals surface area contributed by atoms with Crippen molar-refractivity contribution in [2.24, 2.45) is 10.9 Å². The van der Waals surface area contributed by atoms with Gasteiger partial charge in [-0.25, -0.2) is 0 Å². The van der Waals surface area contributed by atoms with Crippen LogP contribution in [0.15, 0.2) is 23.5 Å². The first kappa shape index (κ1) is 13.8. The first-order chi connectivity index (χ1) is 9.61. The zero-order valence-electron chi connectivity index (χ0n) is 10.7. The number of nitrogens with two attached hydrogens (primary N) is 1. The van der Waals surface area contributed by atoms with E-state index in [-0.39, 0.29) is 29.9 Å². The third-order valence-corrected chi connectivity index (χ3v) is 2.93. The lowest BCUT2D eigenvalue weighted by Crippen LogP contribution is -2.37. The van der Waals surface area contributed by atoms with E-state index in [0.29, 0.717) is 25.1 Å². The number of rotatable bonds is 2. The van der Waals surface area contributed by atoms with Gasteiger partial charge in [-0.3, -0.25) is 14.6 Å². The molecule has 1 aromatic heterocycles. The second-order valence-electron chi connectivity index (χ2n) is 4.35. The van der Waals surface area contributed by atoms with Crippen LogP contribution < -0.4 is 11.1 Å². The number of nitrogens with zero attached hydrogens (tertiary/aromatic N) is 3. The molecule has 0 radical (unpaired) electrons. The van der Waals surface area contributed by atoms with E-state index in [0.717, 1.165) is 0 Å². The molecule has 2 amide bonds. The van der Waals surface area contributed by atoms with Gasteiger partial charge < -0.3 is 21.2 Å². The van der Waals surface area contributed by atoms with Gasteiger partial charge in [-0.05, 0) is 18.6 Å². The molecule has 1 aliphatic rings. The Morgan fingerprint density at radius 3 is 2.95 bits per heavy atom. The van der Waals surface area contributed by atoms with Crippen molar-refractivity contribution in [2.45, 2.75) is 6.42 Å². The SMILES string of the molecule is NC(=NO)c1ccc(C(=O)N2CCCNC(=O)C2)nc1. The van der Waals surface area contributed by atoms with E-state index in [9.17, 15) is 9.59 Å². The molecule has 1 fully saturated rings. The summed E-state index contributed by atoms with van der Waals surface area (Å²) in [5.74, 6) is -0.567. The van der Waals surface area contributed by atoms with Crippen LogP contribution in [0.2, 0.25) is 0 Å². The quantitative estimate of drug-likeness (QED) is 0.281. The molecule has 8 heteroatoms. The van der Waals surface area contributed by atoms with Gasteiger partial charge in [0.25, 0.3) is 5.91 Å². The molecule has 0 aromatic carbocycles. The Bertz CT molecular complexity index is 541. The fraction of sp³-hybridized carbons (Fsp3) is 0.333. The molecule has 106 valence electrons. The second-order valence-corrected chi connectivity index (χ2v) is 4.35. The first-order valence-electron chi connectivity index (χ1n) is 6.11. The molecular formula is C12H15N5O3. The van der Waals surface area contributed by atoms with E-state index in [1.54, 1.807) is 0 Å². The topological polar surface area (TPSA) is 121 Å². The number of aromatic nitrogens is 1. The number of nitrogens with one attached hydrogen (secondary N) is 1. The molecular weight excluding hydrogens is 262 g/mol. The highest BCUT2D eigenvalue weighted by Crippen LogP contribution is 2.06. The van der Waals surface area contributed by atoms with E-state index < -0.39 is 0 Å². The Morgan fingerprint density at radius 1 is 1.50 bits per heavy atom. The Hall–Kier alpha value is -2.64. The van der Waals surface area contributed by atoms with Crippen molar-refractivity contribution in [1.29, 1.82) is 0 Å². The standard InChI is InChI=1S/C12H15N5O3/c13-11(16-20)8-2-3-9(15-6-8)12(19)17-5-1-4-14-10(18)7-17/h2-3,6,20H,1,4-5,7H2,(H2,13,16)(H,14,18). The van der Waals surface area contributed by atoms with Gasteiger partial charge in [0.15, 0.2) is 5.84 Å². The summed E-state index contributed by atoms with van der Waals surface area (Å²) in [4.78, 5) is 29.1. The predicted octanol–water partition coefficient (Wildman–Crippen LogP) is -0.862. The van der Waals surface area contributed by atoms with E-state index in [1.807, 2.05) is 0 Å². The van der Waals surface area contributed by atoms with Gasteiger partial charge in [-0.2, -0.15) is 0 Å². The van der Waals surface area contributed by atoms with Crippen molar-refractivity contribution in [1.82, 2.24) is 15.2 Å². The van der Waals surface area contributed by atoms with E-state index in [1.165, 1.54) is 23.2 Å². The van der Waals surface area contributed by atoms with E-state index in [2.05, 4.69) is 15.5 Å². The molecule has 0 spiro atoms. The van der Waals surface area contributed by atoms with Crippen molar-refractivity contribution in [3.05, 3.63) is 29.6 Å². The number of carbonyl (C=O) groups is 2. The zero-order valence-corrected chi connectivity index (χ0v) is 10.7. The minimum absolute atomic E-state index is 0.0303. The van der Waals surface area contributed by atoms with E-state index in [4.69, 9.17) is 10.9 Å². The Kier molecular flexibility index (Phi) is 4.14. The Morgan fingerprint density at radius 2 is 2.30 bits per heavy atom. The Balaban J connectivity index is 2.14. The number of pyridine rings is 1. The molecule has 0 saturated carbocycles. The number of oxime groups is 1. The molecule has 0 unspecified atom stereocenters. The lowest BCUT2D eigenvalue weighted by Gasteiger charge is -2.18. The average molecular weight is 277 g/mol. The van der Waals surface area contributed by atoms with Crippen LogP contribution in [0.5, 0.6) is 0 Å². The van der Waals surface area contributed by atoms with Crippen molar-refractivity contribution in [2.75, 3.05) is 19.6 Å². The summed E-state index contributed by atoms with van der Waals surface area (Å²) in [7, 11) is 0.